The van der Waals surface area contributed by atoms with Gasteiger partial charge in [0.15, 0.2) is 0 Å². The zero-order chi connectivity index (χ0) is 15.9. The first-order chi connectivity index (χ1) is 9.79. The maximum absolute atomic E-state index is 9.21. The van der Waals surface area contributed by atoms with Crippen molar-refractivity contribution in [2.45, 2.75) is 6.42 Å². The molecule has 0 amide bonds. The Morgan fingerprint density at radius 1 is 0.905 bits per heavy atom. The second kappa shape index (κ2) is 7.58. The Morgan fingerprint density at radius 2 is 1.29 bits per heavy atom. The summed E-state index contributed by atoms with van der Waals surface area (Å²) in [5.74, 6) is 0.298. The zero-order valence-corrected chi connectivity index (χ0v) is 12.0. The van der Waals surface area contributed by atoms with E-state index in [9.17, 15) is 5.11 Å². The van der Waals surface area contributed by atoms with Crippen molar-refractivity contribution in [1.82, 2.24) is 0 Å². The summed E-state index contributed by atoms with van der Waals surface area (Å²) in [6.07, 6.45) is 2.80. The van der Waals surface area contributed by atoms with Gasteiger partial charge >= 0.3 is 10.4 Å². The maximum atomic E-state index is 9.21. The van der Waals surface area contributed by atoms with Crippen LogP contribution in [-0.2, 0) is 16.8 Å². The van der Waals surface area contributed by atoms with Gasteiger partial charge in [-0.2, -0.15) is 8.42 Å². The van der Waals surface area contributed by atoms with Gasteiger partial charge in [0.1, 0.15) is 5.75 Å². The molecule has 0 heterocycles. The topological polar surface area (TPSA) is 94.8 Å². The first-order valence-electron chi connectivity index (χ1n) is 5.98. The van der Waals surface area contributed by atoms with E-state index in [-0.39, 0.29) is 0 Å². The molecule has 112 valence electrons. The van der Waals surface area contributed by atoms with Crippen LogP contribution in [0.4, 0.5) is 0 Å². The van der Waals surface area contributed by atoms with Crippen LogP contribution in [0.1, 0.15) is 5.56 Å². The van der Waals surface area contributed by atoms with E-state index in [4.69, 9.17) is 17.5 Å². The molecular formula is C15H16O5S. The smallest absolute Gasteiger partial charge is 0.394 e. The Hall–Kier alpha value is -2.15. The third-order valence-corrected chi connectivity index (χ3v) is 2.53. The minimum atomic E-state index is -4.67. The summed E-state index contributed by atoms with van der Waals surface area (Å²) in [5, 5.41) is 9.21. The molecule has 0 radical (unpaired) electrons. The highest BCUT2D eigenvalue weighted by Crippen LogP contribution is 2.22. The summed E-state index contributed by atoms with van der Waals surface area (Å²) in [6.45, 7) is 3.72. The summed E-state index contributed by atoms with van der Waals surface area (Å²) in [4.78, 5) is 0. The van der Waals surface area contributed by atoms with Crippen LogP contribution in [0, 0.1) is 0 Å². The molecule has 0 aliphatic heterocycles. The monoisotopic (exact) mass is 308 g/mol. The molecule has 0 bridgehead atoms. The van der Waals surface area contributed by atoms with Crippen LogP contribution in [0.5, 0.6) is 5.75 Å². The SMILES string of the molecule is C=CCc1ccc(-c2ccc(O)cc2)cc1.O=S(=O)(O)O. The average molecular weight is 308 g/mol. The van der Waals surface area contributed by atoms with Crippen LogP contribution in [0.25, 0.3) is 11.1 Å². The first kappa shape index (κ1) is 16.9. The minimum Gasteiger partial charge on any atom is -0.508 e. The molecular weight excluding hydrogens is 292 g/mol. The molecule has 6 heteroatoms. The van der Waals surface area contributed by atoms with Gasteiger partial charge in [0.05, 0.1) is 0 Å². The molecule has 0 atom stereocenters. The molecule has 0 saturated heterocycles. The second-order valence-electron chi connectivity index (χ2n) is 4.18. The number of hydrogen-bond donors (Lipinski definition) is 3. The van der Waals surface area contributed by atoms with E-state index in [1.165, 1.54) is 5.56 Å². The largest absolute Gasteiger partial charge is 0.508 e. The highest BCUT2D eigenvalue weighted by Gasteiger charge is 1.97. The van der Waals surface area contributed by atoms with E-state index in [0.717, 1.165) is 17.5 Å². The minimum absolute atomic E-state index is 0.298. The van der Waals surface area contributed by atoms with Gasteiger partial charge in [0.2, 0.25) is 0 Å². The predicted octanol–water partition coefficient (Wildman–Crippen LogP) is 3.13. The standard InChI is InChI=1S/C15H14O.H2O4S/c1-2-3-12-4-6-13(7-5-12)14-8-10-15(16)11-9-14;1-5(2,3)4/h2,4-11,16H,1,3H2;(H2,1,2,3,4). The number of benzene rings is 2. The number of phenols is 1. The summed E-state index contributed by atoms with van der Waals surface area (Å²) in [6, 6.07) is 15.6. The molecule has 0 saturated carbocycles. The normalized spacial score (nSPS) is 10.4. The van der Waals surface area contributed by atoms with Gasteiger partial charge in [-0.1, -0.05) is 42.5 Å². The molecule has 0 spiro atoms. The Morgan fingerprint density at radius 3 is 1.67 bits per heavy atom. The molecule has 0 aliphatic carbocycles. The fourth-order valence-electron chi connectivity index (χ4n) is 1.65. The molecule has 0 aliphatic rings. The van der Waals surface area contributed by atoms with Crippen molar-refractivity contribution < 1.29 is 22.6 Å². The Kier molecular flexibility index (Phi) is 6.10. The van der Waals surface area contributed by atoms with E-state index >= 15 is 0 Å². The Labute approximate surface area is 123 Å². The van der Waals surface area contributed by atoms with Crippen molar-refractivity contribution in [3.05, 3.63) is 66.7 Å². The number of aromatic hydroxyl groups is 1. The van der Waals surface area contributed by atoms with Crippen molar-refractivity contribution in [2.75, 3.05) is 0 Å². The molecule has 0 unspecified atom stereocenters. The second-order valence-corrected chi connectivity index (χ2v) is 5.08. The summed E-state index contributed by atoms with van der Waals surface area (Å²) >= 11 is 0. The summed E-state index contributed by atoms with van der Waals surface area (Å²) in [7, 11) is -4.67. The number of allylic oxidation sites excluding steroid dienone is 1. The molecule has 21 heavy (non-hydrogen) atoms. The third kappa shape index (κ3) is 7.26. The molecule has 2 aromatic rings. The fraction of sp³-hybridized carbons (Fsp3) is 0.0667. The van der Waals surface area contributed by atoms with Gasteiger partial charge < -0.3 is 5.11 Å². The van der Waals surface area contributed by atoms with Gasteiger partial charge in [-0.05, 0) is 35.2 Å². The zero-order valence-electron chi connectivity index (χ0n) is 11.2. The maximum Gasteiger partial charge on any atom is 0.394 e. The van der Waals surface area contributed by atoms with Gasteiger partial charge in [-0.15, -0.1) is 6.58 Å². The van der Waals surface area contributed by atoms with Crippen LogP contribution in [0.15, 0.2) is 61.2 Å². The lowest BCUT2D eigenvalue weighted by Gasteiger charge is -2.03. The van der Waals surface area contributed by atoms with Crippen molar-refractivity contribution in [1.29, 1.82) is 0 Å². The average Bonchev–Trinajstić information content (AvgIpc) is 2.39. The van der Waals surface area contributed by atoms with E-state index in [0.29, 0.717) is 5.75 Å². The predicted molar refractivity (Wildman–Crippen MR) is 81.6 cm³/mol. The highest BCUT2D eigenvalue weighted by atomic mass is 32.3. The molecule has 2 rings (SSSR count). The lowest BCUT2D eigenvalue weighted by molar-refractivity contribution is 0.381. The lowest BCUT2D eigenvalue weighted by Crippen LogP contribution is -1.89. The Bertz CT molecular complexity index is 665. The third-order valence-electron chi connectivity index (χ3n) is 2.53. The van der Waals surface area contributed by atoms with Crippen LogP contribution in [0.2, 0.25) is 0 Å². The van der Waals surface area contributed by atoms with Crippen LogP contribution in [0.3, 0.4) is 0 Å². The van der Waals surface area contributed by atoms with E-state index in [2.05, 4.69) is 30.8 Å². The van der Waals surface area contributed by atoms with Gasteiger partial charge in [-0.25, -0.2) is 0 Å². The van der Waals surface area contributed by atoms with Crippen molar-refractivity contribution in [3.63, 3.8) is 0 Å². The van der Waals surface area contributed by atoms with Crippen molar-refractivity contribution in [2.24, 2.45) is 0 Å². The Balaban J connectivity index is 0.000000383. The van der Waals surface area contributed by atoms with E-state index < -0.39 is 10.4 Å². The van der Waals surface area contributed by atoms with Crippen molar-refractivity contribution >= 4 is 10.4 Å². The van der Waals surface area contributed by atoms with E-state index in [1.807, 2.05) is 18.2 Å². The molecule has 2 aromatic carbocycles. The number of rotatable bonds is 3. The quantitative estimate of drug-likeness (QED) is 0.598. The molecule has 5 nitrogen and oxygen atoms in total. The van der Waals surface area contributed by atoms with Crippen LogP contribution >= 0.6 is 0 Å². The van der Waals surface area contributed by atoms with Crippen LogP contribution < -0.4 is 0 Å². The summed E-state index contributed by atoms with van der Waals surface area (Å²) < 4.78 is 31.6. The summed E-state index contributed by atoms with van der Waals surface area (Å²) in [5.41, 5.74) is 3.54. The number of hydrogen-bond acceptors (Lipinski definition) is 3. The molecule has 0 aromatic heterocycles. The highest BCUT2D eigenvalue weighted by molar-refractivity contribution is 7.79. The lowest BCUT2D eigenvalue weighted by atomic mass is 10.0. The molecule has 3 N–H and O–H groups in total. The van der Waals surface area contributed by atoms with Crippen molar-refractivity contribution in [3.8, 4) is 16.9 Å². The van der Waals surface area contributed by atoms with Crippen LogP contribution in [-0.4, -0.2) is 22.6 Å². The first-order valence-corrected chi connectivity index (χ1v) is 7.38. The molecule has 0 fully saturated rings. The van der Waals surface area contributed by atoms with E-state index in [1.54, 1.807) is 12.1 Å². The number of phenolic OH excluding ortho intramolecular Hbond substituents is 1. The fourth-order valence-corrected chi connectivity index (χ4v) is 1.65. The van der Waals surface area contributed by atoms with Gasteiger partial charge in [-0.3, -0.25) is 9.11 Å². The van der Waals surface area contributed by atoms with Gasteiger partial charge in [0.25, 0.3) is 0 Å². The van der Waals surface area contributed by atoms with Gasteiger partial charge in [0, 0.05) is 0 Å².